The zero-order valence-electron chi connectivity index (χ0n) is 22.1. The third kappa shape index (κ3) is 5.06. The zero-order valence-corrected chi connectivity index (χ0v) is 23.7. The van der Waals surface area contributed by atoms with Gasteiger partial charge in [0.1, 0.15) is 17.9 Å². The Morgan fingerprint density at radius 1 is 1.27 bits per heavy atom. The van der Waals surface area contributed by atoms with Crippen molar-refractivity contribution in [2.45, 2.75) is 43.9 Å². The summed E-state index contributed by atoms with van der Waals surface area (Å²) in [7, 11) is 0. The number of carboxylic acid groups (broad SMARTS) is 1. The number of benzene rings is 1. The molecule has 41 heavy (non-hydrogen) atoms. The van der Waals surface area contributed by atoms with Crippen molar-refractivity contribution in [1.82, 2.24) is 25.0 Å². The van der Waals surface area contributed by atoms with E-state index in [4.69, 9.17) is 21.3 Å². The SMILES string of the molecule is CCOC(=O)C1=C(CN2CCN3C(=O)N(C4CC4)C[C@H]3[C@@H]2C(=O)O)NC(c2nccs2)=N[C@H]1c1cccc(F)c1Cl. The summed E-state index contributed by atoms with van der Waals surface area (Å²) >= 11 is 7.71. The fraction of sp³-hybridized carbons (Fsp3) is 0.444. The van der Waals surface area contributed by atoms with E-state index in [-0.39, 0.29) is 47.9 Å². The lowest BCUT2D eigenvalue weighted by molar-refractivity contribution is -0.147. The second-order valence-corrected chi connectivity index (χ2v) is 11.6. The molecule has 0 bridgehead atoms. The topological polar surface area (TPSA) is 128 Å². The minimum Gasteiger partial charge on any atom is -0.480 e. The van der Waals surface area contributed by atoms with Crippen molar-refractivity contribution in [2.75, 3.05) is 32.8 Å². The molecule has 14 heteroatoms. The molecule has 216 valence electrons. The molecule has 2 N–H and O–H groups in total. The molecule has 2 saturated heterocycles. The number of urea groups is 1. The lowest BCUT2D eigenvalue weighted by Gasteiger charge is -2.42. The highest BCUT2D eigenvalue weighted by Crippen LogP contribution is 2.39. The van der Waals surface area contributed by atoms with E-state index in [9.17, 15) is 23.9 Å². The van der Waals surface area contributed by atoms with Crippen LogP contribution in [0.5, 0.6) is 0 Å². The standard InChI is InChI=1S/C27H28ClFN6O5S/c1-2-40-26(38)19-17(12-33-9-10-34-18(22(33)25(36)37)13-35(27(34)39)14-6-7-14)31-23(24-30-8-11-41-24)32-21(19)15-4-3-5-16(29)20(15)28/h3-5,8,11,14,18,21-22H,2,6-7,9-10,12-13H2,1H3,(H,31,32)(H,36,37)/t18-,21-,22+/m0/s1. The molecule has 3 aliphatic heterocycles. The van der Waals surface area contributed by atoms with Crippen LogP contribution in [0.2, 0.25) is 5.02 Å². The number of esters is 1. The van der Waals surface area contributed by atoms with Crippen LogP contribution < -0.4 is 5.32 Å². The molecule has 2 amide bonds. The maximum Gasteiger partial charge on any atom is 0.338 e. The first-order chi connectivity index (χ1) is 19.8. The van der Waals surface area contributed by atoms with Crippen LogP contribution >= 0.6 is 22.9 Å². The van der Waals surface area contributed by atoms with Gasteiger partial charge in [0.15, 0.2) is 10.8 Å². The van der Waals surface area contributed by atoms with Gasteiger partial charge in [-0.05, 0) is 25.8 Å². The Labute approximate surface area is 244 Å². The number of thiazole rings is 1. The Balaban J connectivity index is 1.41. The van der Waals surface area contributed by atoms with E-state index < -0.39 is 35.9 Å². The monoisotopic (exact) mass is 602 g/mol. The molecule has 3 fully saturated rings. The Bertz CT molecular complexity index is 1450. The number of hydrogen-bond acceptors (Lipinski definition) is 9. The fourth-order valence-corrected chi connectivity index (χ4v) is 6.62. The van der Waals surface area contributed by atoms with Gasteiger partial charge in [-0.3, -0.25) is 14.7 Å². The second kappa shape index (κ2) is 11.0. The molecule has 4 heterocycles. The maximum absolute atomic E-state index is 14.6. The van der Waals surface area contributed by atoms with Gasteiger partial charge < -0.3 is 25.0 Å². The van der Waals surface area contributed by atoms with Crippen LogP contribution in [0.1, 0.15) is 36.4 Å². The van der Waals surface area contributed by atoms with E-state index in [1.807, 2.05) is 0 Å². The van der Waals surface area contributed by atoms with Gasteiger partial charge in [-0.15, -0.1) is 11.3 Å². The fourth-order valence-electron chi connectivity index (χ4n) is 5.80. The van der Waals surface area contributed by atoms with Gasteiger partial charge in [-0.1, -0.05) is 23.7 Å². The molecule has 2 aromatic rings. The number of carbonyl (C=O) groups is 3. The number of ether oxygens (including phenoxy) is 1. The average molecular weight is 603 g/mol. The summed E-state index contributed by atoms with van der Waals surface area (Å²) in [5.41, 5.74) is 0.731. The van der Waals surface area contributed by atoms with E-state index in [0.29, 0.717) is 29.6 Å². The molecule has 4 aliphatic rings. The largest absolute Gasteiger partial charge is 0.480 e. The van der Waals surface area contributed by atoms with Crippen LogP contribution in [0, 0.1) is 5.82 Å². The molecule has 0 spiro atoms. The second-order valence-electron chi connectivity index (χ2n) is 10.3. The Morgan fingerprint density at radius 3 is 2.76 bits per heavy atom. The number of halogens is 2. The highest BCUT2D eigenvalue weighted by molar-refractivity contribution is 7.11. The number of amides is 2. The summed E-state index contributed by atoms with van der Waals surface area (Å²) in [6.07, 6.45) is 3.47. The molecule has 1 aromatic carbocycles. The summed E-state index contributed by atoms with van der Waals surface area (Å²) in [5.74, 6) is -2.05. The van der Waals surface area contributed by atoms with Gasteiger partial charge in [-0.2, -0.15) is 0 Å². The van der Waals surface area contributed by atoms with Crippen molar-refractivity contribution in [3.8, 4) is 0 Å². The summed E-state index contributed by atoms with van der Waals surface area (Å²) < 4.78 is 20.0. The highest BCUT2D eigenvalue weighted by atomic mass is 35.5. The van der Waals surface area contributed by atoms with E-state index in [2.05, 4.69) is 10.3 Å². The molecule has 0 unspecified atom stereocenters. The molecule has 1 aliphatic carbocycles. The predicted molar refractivity (Wildman–Crippen MR) is 148 cm³/mol. The number of nitrogens with one attached hydrogen (secondary N) is 1. The molecule has 6 rings (SSSR count). The normalized spacial score (nSPS) is 24.7. The summed E-state index contributed by atoms with van der Waals surface area (Å²) in [5, 5.41) is 15.7. The van der Waals surface area contributed by atoms with Crippen molar-refractivity contribution < 1.29 is 28.6 Å². The molecular weight excluding hydrogens is 575 g/mol. The molecular formula is C27H28ClFN6O5S. The summed E-state index contributed by atoms with van der Waals surface area (Å²) in [6, 6.07) is 1.77. The van der Waals surface area contributed by atoms with Crippen molar-refractivity contribution in [2.24, 2.45) is 4.99 Å². The summed E-state index contributed by atoms with van der Waals surface area (Å²) in [6.45, 7) is 2.73. The number of rotatable bonds is 8. The van der Waals surface area contributed by atoms with E-state index in [0.717, 1.165) is 12.8 Å². The molecule has 1 aromatic heterocycles. The minimum atomic E-state index is -1.06. The number of amidine groups is 1. The number of piperazine rings is 1. The maximum atomic E-state index is 14.6. The van der Waals surface area contributed by atoms with Crippen LogP contribution in [0.4, 0.5) is 9.18 Å². The van der Waals surface area contributed by atoms with Crippen molar-refractivity contribution >= 4 is 46.7 Å². The number of aliphatic carboxylic acids is 1. The third-order valence-corrected chi connectivity index (χ3v) is 8.97. The van der Waals surface area contributed by atoms with E-state index >= 15 is 0 Å². The van der Waals surface area contributed by atoms with Crippen LogP contribution in [-0.4, -0.2) is 99.5 Å². The van der Waals surface area contributed by atoms with Gasteiger partial charge in [0.05, 0.1) is 23.2 Å². The van der Waals surface area contributed by atoms with Crippen molar-refractivity contribution in [3.05, 3.63) is 62.5 Å². The first kappa shape index (κ1) is 27.6. The average Bonchev–Trinajstić information content (AvgIpc) is 3.52. The third-order valence-electron chi connectivity index (χ3n) is 7.80. The Hall–Kier alpha value is -3.55. The van der Waals surface area contributed by atoms with Gasteiger partial charge in [0, 0.05) is 55.1 Å². The highest BCUT2D eigenvalue weighted by Gasteiger charge is 2.52. The number of fused-ring (bicyclic) bond motifs is 1. The van der Waals surface area contributed by atoms with Crippen molar-refractivity contribution in [1.29, 1.82) is 0 Å². The van der Waals surface area contributed by atoms with Crippen LogP contribution in [-0.2, 0) is 14.3 Å². The molecule has 1 saturated carbocycles. The number of aromatic nitrogens is 1. The van der Waals surface area contributed by atoms with Crippen LogP contribution in [0.25, 0.3) is 0 Å². The molecule has 11 nitrogen and oxygen atoms in total. The van der Waals surface area contributed by atoms with E-state index in [1.54, 1.807) is 39.3 Å². The van der Waals surface area contributed by atoms with Crippen molar-refractivity contribution in [3.63, 3.8) is 0 Å². The number of carbonyl (C=O) groups excluding carboxylic acids is 2. The first-order valence-corrected chi connectivity index (χ1v) is 14.7. The summed E-state index contributed by atoms with van der Waals surface area (Å²) in [4.78, 5) is 53.4. The molecule has 3 atom stereocenters. The number of hydrogen-bond donors (Lipinski definition) is 2. The zero-order chi connectivity index (χ0) is 28.8. The Morgan fingerprint density at radius 2 is 2.07 bits per heavy atom. The van der Waals surface area contributed by atoms with Gasteiger partial charge in [-0.25, -0.2) is 19.0 Å². The number of aliphatic imine (C=N–C) groups is 1. The number of nitrogens with zero attached hydrogens (tertiary/aromatic N) is 5. The lowest BCUT2D eigenvalue weighted by Crippen LogP contribution is -2.62. The minimum absolute atomic E-state index is 0.0148. The first-order valence-electron chi connectivity index (χ1n) is 13.4. The quantitative estimate of drug-likeness (QED) is 0.442. The van der Waals surface area contributed by atoms with Gasteiger partial charge in [0.25, 0.3) is 0 Å². The van der Waals surface area contributed by atoms with Gasteiger partial charge >= 0.3 is 18.0 Å². The Kier molecular flexibility index (Phi) is 7.43. The van der Waals surface area contributed by atoms with Crippen LogP contribution in [0.15, 0.2) is 46.0 Å². The number of carboxylic acids is 1. The van der Waals surface area contributed by atoms with Crippen LogP contribution in [0.3, 0.4) is 0 Å². The van der Waals surface area contributed by atoms with Gasteiger partial charge in [0.2, 0.25) is 0 Å². The smallest absolute Gasteiger partial charge is 0.338 e. The molecule has 0 radical (unpaired) electrons. The predicted octanol–water partition coefficient (Wildman–Crippen LogP) is 2.88. The lowest BCUT2D eigenvalue weighted by atomic mass is 9.94. The van der Waals surface area contributed by atoms with E-state index in [1.165, 1.54) is 23.5 Å².